The van der Waals surface area contributed by atoms with E-state index in [4.69, 9.17) is 17.0 Å². The van der Waals surface area contributed by atoms with E-state index in [2.05, 4.69) is 32.9 Å². The number of H-pyrrole nitrogens is 1. The molecule has 0 unspecified atom stereocenters. The van der Waals surface area contributed by atoms with Crippen molar-refractivity contribution in [1.82, 2.24) is 9.55 Å². The third-order valence-corrected chi connectivity index (χ3v) is 5.12. The Labute approximate surface area is 174 Å². The van der Waals surface area contributed by atoms with Gasteiger partial charge in [-0.15, -0.1) is 0 Å². The van der Waals surface area contributed by atoms with Crippen molar-refractivity contribution in [3.8, 4) is 0 Å². The molecule has 3 aromatic rings. The Morgan fingerprint density at radius 2 is 2.00 bits per heavy atom. The summed E-state index contributed by atoms with van der Waals surface area (Å²) in [5, 5.41) is 3.34. The lowest BCUT2D eigenvalue weighted by Crippen LogP contribution is -2.23. The second kappa shape index (κ2) is 8.77. The minimum atomic E-state index is -0.248. The maximum Gasteiger partial charge on any atom is 0.262 e. The number of carbonyl (C=O) groups excluding carboxylic acids is 1. The molecule has 1 heterocycles. The van der Waals surface area contributed by atoms with Crippen LogP contribution in [0.4, 0.5) is 5.69 Å². The third-order valence-electron chi connectivity index (χ3n) is 4.08. The van der Waals surface area contributed by atoms with Gasteiger partial charge in [-0.05, 0) is 83.7 Å². The van der Waals surface area contributed by atoms with Gasteiger partial charge in [0.2, 0.25) is 0 Å². The SMILES string of the molecule is COCCCn1c(=S)[nH]c2cc(C(=O)Nc3ccc(I)cc3)ccc2c1=O. The standard InChI is InChI=1S/C19H18IN3O3S/c1-26-10-2-9-23-18(25)15-8-3-12(11-16(15)22-19(23)27)17(24)21-14-6-4-13(20)5-7-14/h3-8,11H,2,9-10H2,1H3,(H,21,24)(H,22,27). The van der Waals surface area contributed by atoms with Crippen molar-refractivity contribution in [3.63, 3.8) is 0 Å². The fourth-order valence-corrected chi connectivity index (χ4v) is 3.35. The van der Waals surface area contributed by atoms with E-state index < -0.39 is 0 Å². The average molecular weight is 495 g/mol. The predicted octanol–water partition coefficient (Wildman–Crippen LogP) is 3.95. The number of hydrogen-bond acceptors (Lipinski definition) is 4. The highest BCUT2D eigenvalue weighted by Crippen LogP contribution is 2.15. The maximum absolute atomic E-state index is 12.7. The van der Waals surface area contributed by atoms with Crippen molar-refractivity contribution in [3.05, 3.63) is 66.7 Å². The molecule has 3 rings (SSSR count). The first-order chi connectivity index (χ1) is 13.0. The molecule has 27 heavy (non-hydrogen) atoms. The number of amides is 1. The molecule has 2 aromatic carbocycles. The monoisotopic (exact) mass is 495 g/mol. The molecule has 0 saturated heterocycles. The Balaban J connectivity index is 1.90. The third kappa shape index (κ3) is 4.63. The van der Waals surface area contributed by atoms with Crippen LogP contribution in [0.25, 0.3) is 10.9 Å². The predicted molar refractivity (Wildman–Crippen MR) is 117 cm³/mol. The summed E-state index contributed by atoms with van der Waals surface area (Å²) in [6.45, 7) is 1.03. The van der Waals surface area contributed by atoms with Crippen LogP contribution in [-0.2, 0) is 11.3 Å². The fraction of sp³-hybridized carbons (Fsp3) is 0.211. The molecule has 2 N–H and O–H groups in total. The number of rotatable bonds is 6. The summed E-state index contributed by atoms with van der Waals surface area (Å²) in [5.41, 5.74) is 1.53. The van der Waals surface area contributed by atoms with Gasteiger partial charge in [0.1, 0.15) is 0 Å². The van der Waals surface area contributed by atoms with Crippen LogP contribution in [0.3, 0.4) is 0 Å². The Hall–Kier alpha value is -2.04. The highest BCUT2D eigenvalue weighted by atomic mass is 127. The number of fused-ring (bicyclic) bond motifs is 1. The summed E-state index contributed by atoms with van der Waals surface area (Å²) in [6.07, 6.45) is 0.690. The molecule has 0 saturated carbocycles. The number of nitrogens with one attached hydrogen (secondary N) is 2. The molecule has 0 radical (unpaired) electrons. The molecule has 0 spiro atoms. The van der Waals surface area contributed by atoms with Crippen LogP contribution in [0.15, 0.2) is 47.3 Å². The van der Waals surface area contributed by atoms with Crippen LogP contribution in [0.5, 0.6) is 0 Å². The van der Waals surface area contributed by atoms with Crippen molar-refractivity contribution in [1.29, 1.82) is 0 Å². The maximum atomic E-state index is 12.7. The number of anilines is 1. The van der Waals surface area contributed by atoms with Crippen molar-refractivity contribution < 1.29 is 9.53 Å². The van der Waals surface area contributed by atoms with Gasteiger partial charge in [0.25, 0.3) is 11.5 Å². The number of benzene rings is 2. The molecule has 140 valence electrons. The van der Waals surface area contributed by atoms with Crippen molar-refractivity contribution in [2.24, 2.45) is 0 Å². The van der Waals surface area contributed by atoms with Crippen LogP contribution in [0.1, 0.15) is 16.8 Å². The highest BCUT2D eigenvalue weighted by Gasteiger charge is 2.11. The Kier molecular flexibility index (Phi) is 6.40. The Morgan fingerprint density at radius 1 is 1.26 bits per heavy atom. The lowest BCUT2D eigenvalue weighted by Gasteiger charge is -2.09. The van der Waals surface area contributed by atoms with Gasteiger partial charge in [0.15, 0.2) is 4.77 Å². The second-order valence-corrected chi connectivity index (χ2v) is 7.59. The van der Waals surface area contributed by atoms with Crippen LogP contribution in [-0.4, -0.2) is 29.2 Å². The topological polar surface area (TPSA) is 76.1 Å². The largest absolute Gasteiger partial charge is 0.385 e. The average Bonchev–Trinajstić information content (AvgIpc) is 2.66. The molecule has 0 aliphatic rings. The summed E-state index contributed by atoms with van der Waals surface area (Å²) in [7, 11) is 1.62. The van der Waals surface area contributed by atoms with Gasteiger partial charge in [-0.2, -0.15) is 0 Å². The van der Waals surface area contributed by atoms with Gasteiger partial charge in [-0.1, -0.05) is 0 Å². The lowest BCUT2D eigenvalue weighted by molar-refractivity contribution is 0.102. The molecule has 0 aliphatic carbocycles. The number of methoxy groups -OCH3 is 1. The molecule has 0 fully saturated rings. The zero-order valence-corrected chi connectivity index (χ0v) is 17.6. The molecule has 0 atom stereocenters. The number of carbonyl (C=O) groups is 1. The normalized spacial score (nSPS) is 10.9. The minimum absolute atomic E-state index is 0.172. The van der Waals surface area contributed by atoms with E-state index in [1.165, 1.54) is 4.57 Å². The van der Waals surface area contributed by atoms with E-state index in [9.17, 15) is 9.59 Å². The van der Waals surface area contributed by atoms with E-state index in [0.29, 0.717) is 46.5 Å². The highest BCUT2D eigenvalue weighted by molar-refractivity contribution is 14.1. The van der Waals surface area contributed by atoms with E-state index in [0.717, 1.165) is 3.57 Å². The van der Waals surface area contributed by atoms with Crippen molar-refractivity contribution in [2.75, 3.05) is 19.0 Å². The number of hydrogen-bond donors (Lipinski definition) is 2. The number of aromatic nitrogens is 2. The molecule has 0 bridgehead atoms. The molecular weight excluding hydrogens is 477 g/mol. The Bertz CT molecular complexity index is 1090. The smallest absolute Gasteiger partial charge is 0.262 e. The van der Waals surface area contributed by atoms with Gasteiger partial charge >= 0.3 is 0 Å². The van der Waals surface area contributed by atoms with Crippen LogP contribution in [0.2, 0.25) is 0 Å². The summed E-state index contributed by atoms with van der Waals surface area (Å²) >= 11 is 7.51. The van der Waals surface area contributed by atoms with Gasteiger partial charge in [0.05, 0.1) is 10.9 Å². The Morgan fingerprint density at radius 3 is 2.70 bits per heavy atom. The summed E-state index contributed by atoms with van der Waals surface area (Å²) < 4.78 is 7.96. The van der Waals surface area contributed by atoms with Gasteiger partial charge in [-0.25, -0.2) is 0 Å². The minimum Gasteiger partial charge on any atom is -0.385 e. The number of nitrogens with zero attached hydrogens (tertiary/aromatic N) is 1. The van der Waals surface area contributed by atoms with Crippen LogP contribution < -0.4 is 10.9 Å². The summed E-state index contributed by atoms with van der Waals surface area (Å²) in [4.78, 5) is 28.2. The fourth-order valence-electron chi connectivity index (χ4n) is 2.70. The molecule has 8 heteroatoms. The first-order valence-corrected chi connectivity index (χ1v) is 9.81. The zero-order chi connectivity index (χ0) is 19.4. The van der Waals surface area contributed by atoms with Crippen LogP contribution in [0, 0.1) is 8.34 Å². The summed E-state index contributed by atoms with van der Waals surface area (Å²) in [6, 6.07) is 12.5. The quantitative estimate of drug-likeness (QED) is 0.309. The first kappa shape index (κ1) is 19.7. The van der Waals surface area contributed by atoms with E-state index in [1.54, 1.807) is 25.3 Å². The summed E-state index contributed by atoms with van der Waals surface area (Å²) in [5.74, 6) is -0.248. The van der Waals surface area contributed by atoms with Gasteiger partial charge in [-0.3, -0.25) is 14.2 Å². The number of halogens is 1. The van der Waals surface area contributed by atoms with Crippen molar-refractivity contribution in [2.45, 2.75) is 13.0 Å². The number of ether oxygens (including phenoxy) is 1. The lowest BCUT2D eigenvalue weighted by atomic mass is 10.1. The van der Waals surface area contributed by atoms with Crippen molar-refractivity contribution >= 4 is 57.3 Å². The molecular formula is C19H18IN3O3S. The second-order valence-electron chi connectivity index (χ2n) is 5.95. The number of aromatic amines is 1. The molecule has 1 aromatic heterocycles. The van der Waals surface area contributed by atoms with Crippen LogP contribution >= 0.6 is 34.8 Å². The van der Waals surface area contributed by atoms with Gasteiger partial charge in [0, 0.05) is 35.1 Å². The van der Waals surface area contributed by atoms with E-state index in [-0.39, 0.29) is 11.5 Å². The first-order valence-electron chi connectivity index (χ1n) is 8.32. The van der Waals surface area contributed by atoms with E-state index in [1.807, 2.05) is 24.3 Å². The van der Waals surface area contributed by atoms with Gasteiger partial charge < -0.3 is 15.0 Å². The molecule has 6 nitrogen and oxygen atoms in total. The molecule has 1 amide bonds. The molecule has 0 aliphatic heterocycles. The zero-order valence-electron chi connectivity index (χ0n) is 14.6. The van der Waals surface area contributed by atoms with E-state index >= 15 is 0 Å².